The van der Waals surface area contributed by atoms with E-state index >= 15 is 0 Å². The van der Waals surface area contributed by atoms with Crippen LogP contribution in [-0.4, -0.2) is 10.8 Å². The first-order valence-corrected chi connectivity index (χ1v) is 7.18. The molecule has 0 amide bonds. The summed E-state index contributed by atoms with van der Waals surface area (Å²) in [5, 5.41) is 0. The Hall–Kier alpha value is -1.48. The zero-order valence-electron chi connectivity index (χ0n) is 10.7. The number of rotatable bonds is 1. The third-order valence-electron chi connectivity index (χ3n) is 3.73. The van der Waals surface area contributed by atoms with Crippen LogP contribution in [0.5, 0.6) is 0 Å². The molecule has 96 valence electrons. The predicted molar refractivity (Wildman–Crippen MR) is 78.5 cm³/mol. The molecule has 19 heavy (non-hydrogen) atoms. The molecule has 0 bridgehead atoms. The highest BCUT2D eigenvalue weighted by atomic mass is 79.9. The molecular weight excluding hydrogens is 302 g/mol. The molecule has 2 nitrogen and oxygen atoms in total. The van der Waals surface area contributed by atoms with Crippen LogP contribution in [0.2, 0.25) is 0 Å². The molecule has 0 N–H and O–H groups in total. The number of ketones is 1. The van der Waals surface area contributed by atoms with Crippen LogP contribution in [-0.2, 0) is 6.42 Å². The SMILES string of the molecule is Cc1ccnc2c1C(=O)CC(c1ccccc1Br)C2. The van der Waals surface area contributed by atoms with Crippen molar-refractivity contribution in [3.8, 4) is 0 Å². The number of hydrogen-bond acceptors (Lipinski definition) is 2. The number of benzene rings is 1. The number of aromatic nitrogens is 1. The first kappa shape index (κ1) is 12.5. The van der Waals surface area contributed by atoms with Crippen molar-refractivity contribution >= 4 is 21.7 Å². The van der Waals surface area contributed by atoms with Gasteiger partial charge in [0.15, 0.2) is 5.78 Å². The van der Waals surface area contributed by atoms with Gasteiger partial charge in [-0.2, -0.15) is 0 Å². The second-order valence-electron chi connectivity index (χ2n) is 5.00. The number of aryl methyl sites for hydroxylation is 1. The Morgan fingerprint density at radius 1 is 1.21 bits per heavy atom. The number of halogens is 1. The molecule has 0 saturated heterocycles. The largest absolute Gasteiger partial charge is 0.294 e. The minimum Gasteiger partial charge on any atom is -0.294 e. The van der Waals surface area contributed by atoms with Gasteiger partial charge in [0, 0.05) is 22.7 Å². The van der Waals surface area contributed by atoms with E-state index in [0.717, 1.165) is 27.7 Å². The Labute approximate surface area is 121 Å². The molecule has 1 heterocycles. The lowest BCUT2D eigenvalue weighted by atomic mass is 9.80. The molecule has 1 aliphatic carbocycles. The van der Waals surface area contributed by atoms with Gasteiger partial charge < -0.3 is 0 Å². The Kier molecular flexibility index (Phi) is 3.23. The number of nitrogens with zero attached hydrogens (tertiary/aromatic N) is 1. The van der Waals surface area contributed by atoms with Gasteiger partial charge in [-0.25, -0.2) is 0 Å². The van der Waals surface area contributed by atoms with E-state index in [1.807, 2.05) is 31.2 Å². The van der Waals surface area contributed by atoms with E-state index in [4.69, 9.17) is 0 Å². The Bertz CT molecular complexity index is 651. The lowest BCUT2D eigenvalue weighted by Gasteiger charge is -2.25. The van der Waals surface area contributed by atoms with Crippen LogP contribution in [0.3, 0.4) is 0 Å². The fraction of sp³-hybridized carbons (Fsp3) is 0.250. The number of hydrogen-bond donors (Lipinski definition) is 0. The van der Waals surface area contributed by atoms with Gasteiger partial charge in [0.2, 0.25) is 0 Å². The zero-order chi connectivity index (χ0) is 13.4. The monoisotopic (exact) mass is 315 g/mol. The zero-order valence-corrected chi connectivity index (χ0v) is 12.3. The molecule has 0 aliphatic heterocycles. The molecule has 3 rings (SSSR count). The third kappa shape index (κ3) is 2.23. The van der Waals surface area contributed by atoms with Crippen LogP contribution in [0.4, 0.5) is 0 Å². The third-order valence-corrected chi connectivity index (χ3v) is 4.46. The molecule has 1 aliphatic rings. The smallest absolute Gasteiger partial charge is 0.165 e. The van der Waals surface area contributed by atoms with Crippen LogP contribution in [0.15, 0.2) is 41.0 Å². The summed E-state index contributed by atoms with van der Waals surface area (Å²) in [5.41, 5.74) is 4.02. The summed E-state index contributed by atoms with van der Waals surface area (Å²) in [4.78, 5) is 16.7. The molecule has 1 unspecified atom stereocenters. The van der Waals surface area contributed by atoms with Gasteiger partial charge in [-0.3, -0.25) is 9.78 Å². The summed E-state index contributed by atoms with van der Waals surface area (Å²) in [7, 11) is 0. The number of pyridine rings is 1. The summed E-state index contributed by atoms with van der Waals surface area (Å²) >= 11 is 3.57. The number of fused-ring (bicyclic) bond motifs is 1. The van der Waals surface area contributed by atoms with E-state index in [1.54, 1.807) is 6.20 Å². The molecule has 0 fully saturated rings. The summed E-state index contributed by atoms with van der Waals surface area (Å²) < 4.78 is 1.07. The topological polar surface area (TPSA) is 30.0 Å². The number of carbonyl (C=O) groups excluding carboxylic acids is 1. The van der Waals surface area contributed by atoms with E-state index in [1.165, 1.54) is 5.56 Å². The predicted octanol–water partition coefficient (Wildman–Crippen LogP) is 4.07. The average molecular weight is 316 g/mol. The second kappa shape index (κ2) is 4.89. The number of carbonyl (C=O) groups is 1. The van der Waals surface area contributed by atoms with Crippen LogP contribution in [0.25, 0.3) is 0 Å². The highest BCUT2D eigenvalue weighted by Crippen LogP contribution is 2.35. The molecule has 2 aromatic rings. The van der Waals surface area contributed by atoms with Crippen molar-refractivity contribution in [2.24, 2.45) is 0 Å². The maximum Gasteiger partial charge on any atom is 0.165 e. The van der Waals surface area contributed by atoms with Gasteiger partial charge in [0.1, 0.15) is 0 Å². The lowest BCUT2D eigenvalue weighted by molar-refractivity contribution is 0.0962. The van der Waals surface area contributed by atoms with Crippen molar-refractivity contribution in [3.05, 3.63) is 63.4 Å². The van der Waals surface area contributed by atoms with Gasteiger partial charge in [-0.05, 0) is 42.5 Å². The standard InChI is InChI=1S/C16H14BrNO/c1-10-6-7-18-14-8-11(9-15(19)16(10)14)12-4-2-3-5-13(12)17/h2-7,11H,8-9H2,1H3. The molecule has 3 heteroatoms. The highest BCUT2D eigenvalue weighted by Gasteiger charge is 2.29. The Morgan fingerprint density at radius 2 is 2.00 bits per heavy atom. The molecule has 1 aromatic heterocycles. The van der Waals surface area contributed by atoms with E-state index in [0.29, 0.717) is 6.42 Å². The van der Waals surface area contributed by atoms with Crippen molar-refractivity contribution in [2.45, 2.75) is 25.7 Å². The highest BCUT2D eigenvalue weighted by molar-refractivity contribution is 9.10. The van der Waals surface area contributed by atoms with Crippen molar-refractivity contribution < 1.29 is 4.79 Å². The van der Waals surface area contributed by atoms with E-state index in [-0.39, 0.29) is 11.7 Å². The van der Waals surface area contributed by atoms with Crippen LogP contribution >= 0.6 is 15.9 Å². The van der Waals surface area contributed by atoms with Gasteiger partial charge in [0.25, 0.3) is 0 Å². The minimum absolute atomic E-state index is 0.215. The number of Topliss-reactive ketones (excluding diaryl/α,β-unsaturated/α-hetero) is 1. The first-order chi connectivity index (χ1) is 9.16. The van der Waals surface area contributed by atoms with Gasteiger partial charge in [-0.1, -0.05) is 34.1 Å². The summed E-state index contributed by atoms with van der Waals surface area (Å²) in [6.45, 7) is 1.98. The van der Waals surface area contributed by atoms with E-state index in [2.05, 4.69) is 27.0 Å². The van der Waals surface area contributed by atoms with Crippen molar-refractivity contribution in [3.63, 3.8) is 0 Å². The quantitative estimate of drug-likeness (QED) is 0.794. The fourth-order valence-electron chi connectivity index (χ4n) is 2.81. The van der Waals surface area contributed by atoms with Crippen LogP contribution in [0.1, 0.15) is 39.5 Å². The first-order valence-electron chi connectivity index (χ1n) is 6.39. The summed E-state index contributed by atoms with van der Waals surface area (Å²) in [6, 6.07) is 10.0. The van der Waals surface area contributed by atoms with Gasteiger partial charge in [0.05, 0.1) is 5.69 Å². The second-order valence-corrected chi connectivity index (χ2v) is 5.85. The van der Waals surface area contributed by atoms with Crippen molar-refractivity contribution in [2.75, 3.05) is 0 Å². The Morgan fingerprint density at radius 3 is 2.79 bits per heavy atom. The molecule has 0 spiro atoms. The maximum absolute atomic E-state index is 12.3. The van der Waals surface area contributed by atoms with Gasteiger partial charge in [-0.15, -0.1) is 0 Å². The van der Waals surface area contributed by atoms with Crippen LogP contribution in [0, 0.1) is 6.92 Å². The van der Waals surface area contributed by atoms with E-state index < -0.39 is 0 Å². The summed E-state index contributed by atoms with van der Waals surface area (Å²) in [6.07, 6.45) is 3.21. The molecule has 0 saturated carbocycles. The van der Waals surface area contributed by atoms with Crippen molar-refractivity contribution in [1.82, 2.24) is 4.98 Å². The lowest BCUT2D eigenvalue weighted by Crippen LogP contribution is -2.21. The molecule has 1 atom stereocenters. The van der Waals surface area contributed by atoms with Crippen molar-refractivity contribution in [1.29, 1.82) is 0 Å². The fourth-order valence-corrected chi connectivity index (χ4v) is 3.42. The van der Waals surface area contributed by atoms with Crippen LogP contribution < -0.4 is 0 Å². The van der Waals surface area contributed by atoms with E-state index in [9.17, 15) is 4.79 Å². The molecule has 0 radical (unpaired) electrons. The average Bonchev–Trinajstić information content (AvgIpc) is 2.39. The minimum atomic E-state index is 0.215. The normalized spacial score (nSPS) is 18.2. The maximum atomic E-state index is 12.3. The van der Waals surface area contributed by atoms with Gasteiger partial charge >= 0.3 is 0 Å². The Balaban J connectivity index is 2.03. The molecule has 1 aromatic carbocycles. The summed E-state index contributed by atoms with van der Waals surface area (Å²) in [5.74, 6) is 0.442. The molecular formula is C16H14BrNO.